The van der Waals surface area contributed by atoms with E-state index < -0.39 is 0 Å². The van der Waals surface area contributed by atoms with Gasteiger partial charge in [-0.25, -0.2) is 0 Å². The minimum absolute atomic E-state index is 0.580. The number of hydrogen-bond donors (Lipinski definition) is 3. The number of thiophene rings is 1. The zero-order chi connectivity index (χ0) is 18.8. The predicted molar refractivity (Wildman–Crippen MR) is 108 cm³/mol. The number of nitrogens with one attached hydrogen (secondary N) is 3. The van der Waals surface area contributed by atoms with Gasteiger partial charge >= 0.3 is 0 Å². The van der Waals surface area contributed by atoms with E-state index in [1.165, 1.54) is 35.3 Å². The van der Waals surface area contributed by atoms with Crippen molar-refractivity contribution in [3.63, 3.8) is 0 Å². The smallest absolute Gasteiger partial charge is 0.276 e. The lowest BCUT2D eigenvalue weighted by Gasteiger charge is -2.23. The van der Waals surface area contributed by atoms with Crippen molar-refractivity contribution >= 4 is 33.1 Å². The number of anilines is 1. The molecule has 0 aromatic carbocycles. The molecule has 0 saturated carbocycles. The number of hydrogen-bond acceptors (Lipinski definition) is 6. The third-order valence-corrected chi connectivity index (χ3v) is 6.89. The van der Waals surface area contributed by atoms with Crippen LogP contribution in [0.15, 0.2) is 0 Å². The third kappa shape index (κ3) is 3.51. The number of likely N-dealkylation sites (N-methyl/N-ethyl adjacent to an activating group) is 1. The summed E-state index contributed by atoms with van der Waals surface area (Å²) in [5.41, 5.74) is 1.46. The fraction of sp³-hybridized carbons (Fsp3) is 0.667. The van der Waals surface area contributed by atoms with E-state index in [1.54, 1.807) is 14.3 Å². The van der Waals surface area contributed by atoms with E-state index >= 15 is 0 Å². The van der Waals surface area contributed by atoms with Gasteiger partial charge in [0.2, 0.25) is 0 Å². The molecule has 0 aliphatic carbocycles. The van der Waals surface area contributed by atoms with Gasteiger partial charge < -0.3 is 15.1 Å². The Morgan fingerprint density at radius 3 is 2.89 bits per heavy atom. The van der Waals surface area contributed by atoms with Crippen LogP contribution in [0.25, 0.3) is 16.0 Å². The van der Waals surface area contributed by atoms with Crippen LogP contribution in [0.2, 0.25) is 0 Å². The van der Waals surface area contributed by atoms with Gasteiger partial charge in [-0.2, -0.15) is 9.50 Å². The fourth-order valence-electron chi connectivity index (χ4n) is 4.11. The summed E-state index contributed by atoms with van der Waals surface area (Å²) in [4.78, 5) is 10.6. The highest BCUT2D eigenvalue weighted by Gasteiger charge is 2.27. The van der Waals surface area contributed by atoms with Gasteiger partial charge in [0.15, 0.2) is 0 Å². The van der Waals surface area contributed by atoms with Gasteiger partial charge in [-0.05, 0) is 36.3 Å². The zero-order valence-electron chi connectivity index (χ0n) is 16.5. The summed E-state index contributed by atoms with van der Waals surface area (Å²) in [6, 6.07) is 0. The fourth-order valence-corrected chi connectivity index (χ4v) is 5.47. The average molecular weight is 391 g/mol. The van der Waals surface area contributed by atoms with Gasteiger partial charge in [0, 0.05) is 6.42 Å². The Labute approximate surface area is 163 Å². The molecule has 4 heterocycles. The van der Waals surface area contributed by atoms with Crippen molar-refractivity contribution in [3.8, 4) is 0 Å². The predicted octanol–water partition coefficient (Wildman–Crippen LogP) is -0.578. The van der Waals surface area contributed by atoms with Gasteiger partial charge in [-0.15, -0.1) is 11.3 Å². The molecule has 3 N–H and O–H groups in total. The van der Waals surface area contributed by atoms with Crippen LogP contribution in [-0.4, -0.2) is 64.3 Å². The van der Waals surface area contributed by atoms with Crippen LogP contribution in [0, 0.1) is 0 Å². The molecular weight excluding hydrogens is 360 g/mol. The molecule has 0 fully saturated rings. The third-order valence-electron chi connectivity index (χ3n) is 5.68. The highest BCUT2D eigenvalue weighted by Crippen LogP contribution is 2.36. The van der Waals surface area contributed by atoms with Crippen LogP contribution in [0.1, 0.15) is 37.6 Å². The second kappa shape index (κ2) is 8.04. The molecule has 9 heteroatoms. The molecule has 0 saturated heterocycles. The molecule has 4 rings (SSSR count). The van der Waals surface area contributed by atoms with E-state index in [2.05, 4.69) is 41.6 Å². The molecule has 0 amide bonds. The SMILES string of the molecule is CCC[NH+]1CCc2c(sc3c2c(NCC[NH+](CC)CC)nc2nnnn23)C1. The maximum absolute atomic E-state index is 4.75. The maximum Gasteiger partial charge on any atom is 0.276 e. The van der Waals surface area contributed by atoms with Crippen LogP contribution in [0.3, 0.4) is 0 Å². The molecule has 1 aliphatic heterocycles. The molecule has 1 atom stereocenters. The summed E-state index contributed by atoms with van der Waals surface area (Å²) in [6.45, 7) is 14.6. The first-order valence-corrected chi connectivity index (χ1v) is 11.0. The summed E-state index contributed by atoms with van der Waals surface area (Å²) in [7, 11) is 0. The largest absolute Gasteiger partial charge is 0.364 e. The van der Waals surface area contributed by atoms with Crippen LogP contribution >= 0.6 is 11.3 Å². The Morgan fingerprint density at radius 1 is 1.26 bits per heavy atom. The Morgan fingerprint density at radius 2 is 2.11 bits per heavy atom. The monoisotopic (exact) mass is 390 g/mol. The normalized spacial score (nSPS) is 17.1. The average Bonchev–Trinajstić information content (AvgIpc) is 3.29. The Kier molecular flexibility index (Phi) is 5.51. The van der Waals surface area contributed by atoms with E-state index in [0.717, 1.165) is 49.8 Å². The second-order valence-electron chi connectivity index (χ2n) is 7.35. The lowest BCUT2D eigenvalue weighted by atomic mass is 10.0. The number of fused-ring (bicyclic) bond motifs is 5. The number of rotatable bonds is 8. The van der Waals surface area contributed by atoms with Crippen molar-refractivity contribution in [2.75, 3.05) is 44.6 Å². The summed E-state index contributed by atoms with van der Waals surface area (Å²) in [5, 5.41) is 17.0. The molecule has 0 radical (unpaired) electrons. The zero-order valence-corrected chi connectivity index (χ0v) is 17.3. The number of quaternary nitrogens is 2. The van der Waals surface area contributed by atoms with Crippen LogP contribution in [-0.2, 0) is 13.0 Å². The van der Waals surface area contributed by atoms with Crippen LogP contribution < -0.4 is 15.1 Å². The minimum Gasteiger partial charge on any atom is -0.364 e. The molecule has 1 unspecified atom stereocenters. The Hall–Kier alpha value is -1.84. The lowest BCUT2D eigenvalue weighted by Crippen LogP contribution is -3.12. The first kappa shape index (κ1) is 18.5. The van der Waals surface area contributed by atoms with E-state index in [9.17, 15) is 0 Å². The Balaban J connectivity index is 1.69. The van der Waals surface area contributed by atoms with Crippen molar-refractivity contribution in [2.24, 2.45) is 0 Å². The second-order valence-corrected chi connectivity index (χ2v) is 8.43. The molecule has 3 aromatic heterocycles. The minimum atomic E-state index is 0.580. The standard InChI is InChI=1S/C18H28N8S/c1-4-9-25-10-7-13-14(12-25)27-17-15(13)16(19-8-11-24(5-2)6-3)20-18-21-22-23-26(17)18/h4-12H2,1-3H3,(H,19,20,21,23)/p+2. The van der Waals surface area contributed by atoms with Gasteiger partial charge in [0.05, 0.1) is 49.5 Å². The maximum atomic E-state index is 4.75. The molecule has 27 heavy (non-hydrogen) atoms. The molecule has 3 aromatic rings. The summed E-state index contributed by atoms with van der Waals surface area (Å²) < 4.78 is 1.80. The summed E-state index contributed by atoms with van der Waals surface area (Å²) in [5.74, 6) is 1.53. The van der Waals surface area contributed by atoms with Crippen molar-refractivity contribution in [1.29, 1.82) is 0 Å². The number of aromatic nitrogens is 5. The highest BCUT2D eigenvalue weighted by atomic mass is 32.1. The van der Waals surface area contributed by atoms with E-state index in [1.807, 2.05) is 11.3 Å². The first-order chi connectivity index (χ1) is 13.2. The lowest BCUT2D eigenvalue weighted by molar-refractivity contribution is -0.915. The van der Waals surface area contributed by atoms with Gasteiger partial charge in [-0.3, -0.25) is 0 Å². The van der Waals surface area contributed by atoms with Gasteiger partial charge in [0.25, 0.3) is 5.78 Å². The summed E-state index contributed by atoms with van der Waals surface area (Å²) >= 11 is 1.84. The van der Waals surface area contributed by atoms with Crippen LogP contribution in [0.5, 0.6) is 0 Å². The molecule has 0 spiro atoms. The van der Waals surface area contributed by atoms with Crippen molar-refractivity contribution in [2.45, 2.75) is 40.2 Å². The van der Waals surface area contributed by atoms with E-state index in [-0.39, 0.29) is 0 Å². The molecule has 1 aliphatic rings. The van der Waals surface area contributed by atoms with E-state index in [4.69, 9.17) is 4.98 Å². The number of nitrogens with zero attached hydrogens (tertiary/aromatic N) is 5. The molecule has 146 valence electrons. The molecular formula is C18H30N8S+2. The van der Waals surface area contributed by atoms with Crippen molar-refractivity contribution < 1.29 is 9.80 Å². The topological polar surface area (TPSA) is 76.9 Å². The van der Waals surface area contributed by atoms with Gasteiger partial charge in [-0.1, -0.05) is 12.0 Å². The van der Waals surface area contributed by atoms with Crippen molar-refractivity contribution in [3.05, 3.63) is 10.4 Å². The van der Waals surface area contributed by atoms with Crippen LogP contribution in [0.4, 0.5) is 5.82 Å². The molecule has 0 bridgehead atoms. The van der Waals surface area contributed by atoms with E-state index in [0.29, 0.717) is 5.78 Å². The summed E-state index contributed by atoms with van der Waals surface area (Å²) in [6.07, 6.45) is 2.34. The quantitative estimate of drug-likeness (QED) is 0.480. The molecule has 8 nitrogen and oxygen atoms in total. The Bertz CT molecular complexity index is 913. The number of tetrazole rings is 1. The van der Waals surface area contributed by atoms with Crippen molar-refractivity contribution in [1.82, 2.24) is 25.0 Å². The van der Waals surface area contributed by atoms with Gasteiger partial charge in [0.1, 0.15) is 17.2 Å². The first-order valence-electron chi connectivity index (χ1n) is 10.2. The highest BCUT2D eigenvalue weighted by molar-refractivity contribution is 7.19.